The van der Waals surface area contributed by atoms with Gasteiger partial charge in [-0.1, -0.05) is 12.1 Å². The Morgan fingerprint density at radius 1 is 1.19 bits per heavy atom. The summed E-state index contributed by atoms with van der Waals surface area (Å²) in [6, 6.07) is 8.10. The van der Waals surface area contributed by atoms with E-state index in [4.69, 9.17) is 0 Å². The van der Waals surface area contributed by atoms with Crippen LogP contribution in [0.1, 0.15) is 18.4 Å². The van der Waals surface area contributed by atoms with Gasteiger partial charge in [-0.2, -0.15) is 0 Å². The number of hydrogen-bond acceptors (Lipinski definition) is 4. The SMILES string of the molecule is O=C(/C=C/c1ccc(F)cc1)NCCCCn1cc([N+](=O)[O-])ccc1=O. The lowest BCUT2D eigenvalue weighted by atomic mass is 10.2. The van der Waals surface area contributed by atoms with E-state index in [9.17, 15) is 24.1 Å². The third kappa shape index (κ3) is 5.97. The molecule has 0 bridgehead atoms. The molecule has 1 amide bonds. The number of aromatic nitrogens is 1. The summed E-state index contributed by atoms with van der Waals surface area (Å²) in [5.41, 5.74) is 0.275. The first-order valence-corrected chi connectivity index (χ1v) is 8.02. The Labute approximate surface area is 148 Å². The second-order valence-electron chi connectivity index (χ2n) is 5.56. The van der Waals surface area contributed by atoms with E-state index in [-0.39, 0.29) is 23.0 Å². The van der Waals surface area contributed by atoms with Gasteiger partial charge in [0.1, 0.15) is 5.82 Å². The summed E-state index contributed by atoms with van der Waals surface area (Å²) >= 11 is 0. The number of carbonyl (C=O) groups is 1. The molecule has 0 saturated heterocycles. The average molecular weight is 359 g/mol. The smallest absolute Gasteiger partial charge is 0.285 e. The summed E-state index contributed by atoms with van der Waals surface area (Å²) in [4.78, 5) is 33.5. The van der Waals surface area contributed by atoms with E-state index in [1.54, 1.807) is 18.2 Å². The zero-order valence-corrected chi connectivity index (χ0v) is 13.9. The van der Waals surface area contributed by atoms with Gasteiger partial charge >= 0.3 is 0 Å². The highest BCUT2D eigenvalue weighted by Gasteiger charge is 2.07. The van der Waals surface area contributed by atoms with Gasteiger partial charge < -0.3 is 9.88 Å². The molecule has 2 rings (SSSR count). The molecule has 1 heterocycles. The number of nitrogens with one attached hydrogen (secondary N) is 1. The molecule has 7 nitrogen and oxygen atoms in total. The van der Waals surface area contributed by atoms with Gasteiger partial charge in [0.15, 0.2) is 0 Å². The molecule has 0 radical (unpaired) electrons. The predicted molar refractivity (Wildman–Crippen MR) is 95.0 cm³/mol. The first-order chi connectivity index (χ1) is 12.5. The lowest BCUT2D eigenvalue weighted by Gasteiger charge is -2.05. The molecular formula is C18H18FN3O4. The van der Waals surface area contributed by atoms with Crippen molar-refractivity contribution in [1.82, 2.24) is 9.88 Å². The summed E-state index contributed by atoms with van der Waals surface area (Å²) < 4.78 is 14.1. The zero-order chi connectivity index (χ0) is 18.9. The number of pyridine rings is 1. The Kier molecular flexibility index (Phi) is 6.78. The molecule has 0 atom stereocenters. The molecule has 0 aliphatic carbocycles. The van der Waals surface area contributed by atoms with Gasteiger partial charge in [-0.3, -0.25) is 19.7 Å². The van der Waals surface area contributed by atoms with E-state index in [0.29, 0.717) is 31.5 Å². The number of unbranched alkanes of at least 4 members (excludes halogenated alkanes) is 1. The maximum absolute atomic E-state index is 12.8. The monoisotopic (exact) mass is 359 g/mol. The lowest BCUT2D eigenvalue weighted by Crippen LogP contribution is -2.23. The van der Waals surface area contributed by atoms with Crippen molar-refractivity contribution >= 4 is 17.7 Å². The van der Waals surface area contributed by atoms with Crippen molar-refractivity contribution in [3.8, 4) is 0 Å². The third-order valence-corrected chi connectivity index (χ3v) is 3.60. The van der Waals surface area contributed by atoms with Gasteiger partial charge in [0.2, 0.25) is 5.91 Å². The van der Waals surface area contributed by atoms with E-state index in [0.717, 1.165) is 0 Å². The molecule has 0 aliphatic rings. The van der Waals surface area contributed by atoms with Gasteiger partial charge in [0.25, 0.3) is 11.2 Å². The Hall–Kier alpha value is -3.29. The lowest BCUT2D eigenvalue weighted by molar-refractivity contribution is -0.385. The zero-order valence-electron chi connectivity index (χ0n) is 13.9. The van der Waals surface area contributed by atoms with E-state index >= 15 is 0 Å². The summed E-state index contributed by atoms with van der Waals surface area (Å²) in [6.07, 6.45) is 5.36. The molecule has 26 heavy (non-hydrogen) atoms. The number of halogens is 1. The van der Waals surface area contributed by atoms with Crippen LogP contribution in [0.3, 0.4) is 0 Å². The first kappa shape index (κ1) is 19.0. The molecule has 1 aromatic heterocycles. The molecule has 136 valence electrons. The van der Waals surface area contributed by atoms with E-state index in [2.05, 4.69) is 5.32 Å². The maximum atomic E-state index is 12.8. The Morgan fingerprint density at radius 3 is 2.62 bits per heavy atom. The van der Waals surface area contributed by atoms with Gasteiger partial charge in [0, 0.05) is 31.3 Å². The number of hydrogen-bond donors (Lipinski definition) is 1. The van der Waals surface area contributed by atoms with Gasteiger partial charge in [-0.05, 0) is 36.6 Å². The van der Waals surface area contributed by atoms with Gasteiger partial charge in [-0.15, -0.1) is 0 Å². The summed E-state index contributed by atoms with van der Waals surface area (Å²) in [5, 5.41) is 13.4. The number of benzene rings is 1. The van der Waals surface area contributed by atoms with Crippen LogP contribution in [0.25, 0.3) is 6.08 Å². The largest absolute Gasteiger partial charge is 0.353 e. The average Bonchev–Trinajstić information content (AvgIpc) is 2.62. The number of amides is 1. The fourth-order valence-electron chi connectivity index (χ4n) is 2.22. The highest BCUT2D eigenvalue weighted by molar-refractivity contribution is 5.91. The van der Waals surface area contributed by atoms with Crippen LogP contribution in [0.5, 0.6) is 0 Å². The third-order valence-electron chi connectivity index (χ3n) is 3.60. The van der Waals surface area contributed by atoms with Crippen LogP contribution in [0.4, 0.5) is 10.1 Å². The van der Waals surface area contributed by atoms with Crippen molar-refractivity contribution in [1.29, 1.82) is 0 Å². The van der Waals surface area contributed by atoms with E-state index in [1.165, 1.54) is 41.1 Å². The second kappa shape index (κ2) is 9.26. The predicted octanol–water partition coefficient (Wildman–Crippen LogP) is 2.51. The molecule has 0 fully saturated rings. The summed E-state index contributed by atoms with van der Waals surface area (Å²) in [5.74, 6) is -0.615. The van der Waals surface area contributed by atoms with Crippen LogP contribution in [0.15, 0.2) is 53.5 Å². The van der Waals surface area contributed by atoms with E-state index in [1.807, 2.05) is 0 Å². The van der Waals surface area contributed by atoms with Gasteiger partial charge in [-0.25, -0.2) is 4.39 Å². The molecule has 2 aromatic rings. The fraction of sp³-hybridized carbons (Fsp3) is 0.222. The second-order valence-corrected chi connectivity index (χ2v) is 5.56. The highest BCUT2D eigenvalue weighted by atomic mass is 19.1. The van der Waals surface area contributed by atoms with E-state index < -0.39 is 4.92 Å². The van der Waals surface area contributed by atoms with Crippen molar-refractivity contribution in [3.63, 3.8) is 0 Å². The summed E-state index contributed by atoms with van der Waals surface area (Å²) in [6.45, 7) is 0.748. The molecular weight excluding hydrogens is 341 g/mol. The molecule has 8 heteroatoms. The first-order valence-electron chi connectivity index (χ1n) is 8.02. The molecule has 0 saturated carbocycles. The van der Waals surface area contributed by atoms with Crippen LogP contribution in [-0.4, -0.2) is 21.9 Å². The normalized spacial score (nSPS) is 10.8. The molecule has 0 spiro atoms. The molecule has 0 aliphatic heterocycles. The van der Waals surface area contributed by atoms with Crippen LogP contribution in [-0.2, 0) is 11.3 Å². The van der Waals surface area contributed by atoms with Gasteiger partial charge in [0.05, 0.1) is 11.1 Å². The number of rotatable bonds is 8. The number of nitrogens with zero attached hydrogens (tertiary/aromatic N) is 2. The summed E-state index contributed by atoms with van der Waals surface area (Å²) in [7, 11) is 0. The standard InChI is InChI=1S/C18H18FN3O4/c19-15-6-3-14(4-7-15)5-9-17(23)20-11-1-2-12-21-13-16(22(25)26)8-10-18(21)24/h3-10,13H,1-2,11-12H2,(H,20,23)/b9-5+. The Morgan fingerprint density at radius 2 is 1.92 bits per heavy atom. The van der Waals surface area contributed by atoms with Crippen molar-refractivity contribution in [2.45, 2.75) is 19.4 Å². The Balaban J connectivity index is 1.72. The Bertz CT molecular complexity index is 859. The quantitative estimate of drug-likeness (QED) is 0.339. The van der Waals surface area contributed by atoms with Crippen molar-refractivity contribution < 1.29 is 14.1 Å². The van der Waals surface area contributed by atoms with Crippen LogP contribution >= 0.6 is 0 Å². The topological polar surface area (TPSA) is 94.2 Å². The molecule has 0 unspecified atom stereocenters. The minimum absolute atomic E-state index is 0.135. The minimum atomic E-state index is -0.552. The van der Waals surface area contributed by atoms with Crippen molar-refractivity contribution in [2.75, 3.05) is 6.54 Å². The van der Waals surface area contributed by atoms with Crippen LogP contribution in [0, 0.1) is 15.9 Å². The maximum Gasteiger partial charge on any atom is 0.285 e. The number of carbonyl (C=O) groups excluding carboxylic acids is 1. The molecule has 1 N–H and O–H groups in total. The highest BCUT2D eigenvalue weighted by Crippen LogP contribution is 2.07. The minimum Gasteiger partial charge on any atom is -0.353 e. The van der Waals surface area contributed by atoms with Crippen molar-refractivity contribution in [2.24, 2.45) is 0 Å². The van der Waals surface area contributed by atoms with Crippen molar-refractivity contribution in [3.05, 3.63) is 80.5 Å². The number of nitro groups is 1. The fourth-order valence-corrected chi connectivity index (χ4v) is 2.22. The number of aryl methyl sites for hydroxylation is 1. The van der Waals surface area contributed by atoms with Crippen LogP contribution < -0.4 is 10.9 Å². The van der Waals surface area contributed by atoms with Crippen LogP contribution in [0.2, 0.25) is 0 Å². The molecule has 1 aromatic carbocycles.